The number of halogens is 1. The Morgan fingerprint density at radius 3 is 2.45 bits per heavy atom. The lowest BCUT2D eigenvalue weighted by Gasteiger charge is -2.29. The maximum atomic E-state index is 13.9. The molecule has 1 N–H and O–H groups in total. The number of anilines is 1. The van der Waals surface area contributed by atoms with E-state index in [-0.39, 0.29) is 18.1 Å². The smallest absolute Gasteiger partial charge is 0.322 e. The van der Waals surface area contributed by atoms with Crippen LogP contribution in [0.3, 0.4) is 0 Å². The summed E-state index contributed by atoms with van der Waals surface area (Å²) in [6.07, 6.45) is 2.64. The van der Waals surface area contributed by atoms with Gasteiger partial charge in [0.25, 0.3) is 0 Å². The van der Waals surface area contributed by atoms with Crippen molar-refractivity contribution in [2.45, 2.75) is 33.7 Å². The standard InChI is InChI=1S/C22H31FN4O2/c1-5-12-26(22(29)24-20-11-7-6-10-19(20)23)16-21(28)27(14-17(2)3)15-18-9-8-13-25(18)4/h6-11,13,17H,5,12,14-16H2,1-4H3,(H,24,29). The Morgan fingerprint density at radius 1 is 1.14 bits per heavy atom. The van der Waals surface area contributed by atoms with Crippen LogP contribution in [0.1, 0.15) is 32.9 Å². The third kappa shape index (κ3) is 6.62. The Hall–Kier alpha value is -2.83. The second kappa shape index (κ2) is 10.6. The van der Waals surface area contributed by atoms with Gasteiger partial charge in [-0.2, -0.15) is 0 Å². The van der Waals surface area contributed by atoms with Crippen molar-refractivity contribution in [3.05, 3.63) is 54.1 Å². The van der Waals surface area contributed by atoms with E-state index in [4.69, 9.17) is 0 Å². The Bertz CT molecular complexity index is 819. The lowest BCUT2D eigenvalue weighted by Crippen LogP contribution is -2.45. The largest absolute Gasteiger partial charge is 0.353 e. The van der Waals surface area contributed by atoms with Crippen molar-refractivity contribution in [1.29, 1.82) is 0 Å². The van der Waals surface area contributed by atoms with Crippen molar-refractivity contribution >= 4 is 17.6 Å². The highest BCUT2D eigenvalue weighted by Crippen LogP contribution is 2.14. The normalized spacial score (nSPS) is 10.8. The summed E-state index contributed by atoms with van der Waals surface area (Å²) in [7, 11) is 1.94. The lowest BCUT2D eigenvalue weighted by atomic mass is 10.2. The summed E-state index contributed by atoms with van der Waals surface area (Å²) in [6.45, 7) is 7.48. The number of hydrogen-bond donors (Lipinski definition) is 1. The van der Waals surface area contributed by atoms with Gasteiger partial charge in [-0.05, 0) is 36.6 Å². The molecule has 0 saturated carbocycles. The van der Waals surface area contributed by atoms with E-state index in [9.17, 15) is 14.0 Å². The van der Waals surface area contributed by atoms with Crippen molar-refractivity contribution in [1.82, 2.24) is 14.4 Å². The number of aromatic nitrogens is 1. The maximum absolute atomic E-state index is 13.9. The van der Waals surface area contributed by atoms with E-state index in [2.05, 4.69) is 19.2 Å². The fourth-order valence-electron chi connectivity index (χ4n) is 3.09. The molecule has 0 atom stereocenters. The highest BCUT2D eigenvalue weighted by Gasteiger charge is 2.23. The highest BCUT2D eigenvalue weighted by atomic mass is 19.1. The second-order valence-electron chi connectivity index (χ2n) is 7.61. The Balaban J connectivity index is 2.10. The average molecular weight is 403 g/mol. The van der Waals surface area contributed by atoms with E-state index in [1.54, 1.807) is 17.0 Å². The molecule has 0 fully saturated rings. The number of urea groups is 1. The molecule has 1 aromatic heterocycles. The van der Waals surface area contributed by atoms with E-state index in [0.29, 0.717) is 32.0 Å². The first kappa shape index (κ1) is 22.5. The number of amides is 3. The van der Waals surface area contributed by atoms with Crippen molar-refractivity contribution in [2.24, 2.45) is 13.0 Å². The molecule has 7 heteroatoms. The Labute approximate surface area is 172 Å². The van der Waals surface area contributed by atoms with Crippen LogP contribution in [0.25, 0.3) is 0 Å². The van der Waals surface area contributed by atoms with E-state index in [1.165, 1.54) is 17.0 Å². The molecule has 0 radical (unpaired) electrons. The number of aryl methyl sites for hydroxylation is 1. The zero-order chi connectivity index (χ0) is 21.4. The minimum atomic E-state index is -0.506. The van der Waals surface area contributed by atoms with Gasteiger partial charge in [-0.15, -0.1) is 0 Å². The van der Waals surface area contributed by atoms with Gasteiger partial charge in [0.05, 0.1) is 12.2 Å². The van der Waals surface area contributed by atoms with Crippen LogP contribution >= 0.6 is 0 Å². The molecule has 0 aliphatic heterocycles. The zero-order valence-corrected chi connectivity index (χ0v) is 17.7. The van der Waals surface area contributed by atoms with Gasteiger partial charge in [0.1, 0.15) is 12.4 Å². The fourth-order valence-corrected chi connectivity index (χ4v) is 3.09. The van der Waals surface area contributed by atoms with Crippen LogP contribution in [-0.4, -0.2) is 45.9 Å². The minimum Gasteiger partial charge on any atom is -0.353 e. The molecule has 0 aliphatic rings. The first-order chi connectivity index (χ1) is 13.8. The third-order valence-electron chi connectivity index (χ3n) is 4.56. The number of benzene rings is 1. The van der Waals surface area contributed by atoms with Crippen molar-refractivity contribution in [3.8, 4) is 0 Å². The molecule has 2 aromatic rings. The molecule has 3 amide bonds. The zero-order valence-electron chi connectivity index (χ0n) is 17.7. The number of nitrogens with zero attached hydrogens (tertiary/aromatic N) is 3. The molecule has 0 spiro atoms. The topological polar surface area (TPSA) is 57.6 Å². The third-order valence-corrected chi connectivity index (χ3v) is 4.56. The molecule has 0 bridgehead atoms. The average Bonchev–Trinajstić information content (AvgIpc) is 3.07. The minimum absolute atomic E-state index is 0.0503. The summed E-state index contributed by atoms with van der Waals surface area (Å²) < 4.78 is 15.9. The Morgan fingerprint density at radius 2 is 1.86 bits per heavy atom. The summed E-state index contributed by atoms with van der Waals surface area (Å²) in [4.78, 5) is 28.9. The van der Waals surface area contributed by atoms with Crippen molar-refractivity contribution in [2.75, 3.05) is 25.0 Å². The Kier molecular flexibility index (Phi) is 8.24. The summed E-state index contributed by atoms with van der Waals surface area (Å²) in [5.41, 5.74) is 1.13. The molecule has 0 saturated heterocycles. The molecule has 158 valence electrons. The number of carbonyl (C=O) groups is 2. The van der Waals surface area contributed by atoms with Crippen LogP contribution in [-0.2, 0) is 18.4 Å². The van der Waals surface area contributed by atoms with E-state index < -0.39 is 11.8 Å². The first-order valence-corrected chi connectivity index (χ1v) is 10.00. The summed E-state index contributed by atoms with van der Waals surface area (Å²) in [5.74, 6) is -0.336. The number of rotatable bonds is 9. The van der Waals surface area contributed by atoms with Crippen LogP contribution in [0.4, 0.5) is 14.9 Å². The predicted octanol–water partition coefficient (Wildman–Crippen LogP) is 4.09. The summed E-state index contributed by atoms with van der Waals surface area (Å²) in [5, 5.41) is 2.57. The summed E-state index contributed by atoms with van der Waals surface area (Å²) >= 11 is 0. The van der Waals surface area contributed by atoms with Crippen molar-refractivity contribution in [3.63, 3.8) is 0 Å². The van der Waals surface area contributed by atoms with Crippen molar-refractivity contribution < 1.29 is 14.0 Å². The summed E-state index contributed by atoms with van der Waals surface area (Å²) in [6, 6.07) is 9.45. The molecule has 1 aromatic carbocycles. The quantitative estimate of drug-likeness (QED) is 0.687. The molecule has 1 heterocycles. The molecule has 6 nitrogen and oxygen atoms in total. The molecule has 0 aliphatic carbocycles. The lowest BCUT2D eigenvalue weighted by molar-refractivity contribution is -0.133. The number of hydrogen-bond acceptors (Lipinski definition) is 2. The molecule has 29 heavy (non-hydrogen) atoms. The van der Waals surface area contributed by atoms with Gasteiger partial charge in [0.15, 0.2) is 0 Å². The van der Waals surface area contributed by atoms with Gasteiger partial charge in [-0.25, -0.2) is 9.18 Å². The van der Waals surface area contributed by atoms with Crippen LogP contribution in [0.15, 0.2) is 42.6 Å². The number of nitrogens with one attached hydrogen (secondary N) is 1. The van der Waals surface area contributed by atoms with Crippen LogP contribution < -0.4 is 5.32 Å². The van der Waals surface area contributed by atoms with E-state index in [1.807, 2.05) is 36.9 Å². The van der Waals surface area contributed by atoms with Gasteiger partial charge in [-0.1, -0.05) is 32.9 Å². The van der Waals surface area contributed by atoms with Gasteiger partial charge < -0.3 is 19.7 Å². The van der Waals surface area contributed by atoms with Crippen LogP contribution in [0.5, 0.6) is 0 Å². The first-order valence-electron chi connectivity index (χ1n) is 10.00. The molecular formula is C22H31FN4O2. The van der Waals surface area contributed by atoms with Gasteiger partial charge in [-0.3, -0.25) is 4.79 Å². The van der Waals surface area contributed by atoms with E-state index in [0.717, 1.165) is 5.69 Å². The number of carbonyl (C=O) groups excluding carboxylic acids is 2. The second-order valence-corrected chi connectivity index (χ2v) is 7.61. The van der Waals surface area contributed by atoms with Gasteiger partial charge >= 0.3 is 6.03 Å². The highest BCUT2D eigenvalue weighted by molar-refractivity contribution is 5.92. The fraction of sp³-hybridized carbons (Fsp3) is 0.455. The van der Waals surface area contributed by atoms with E-state index >= 15 is 0 Å². The van der Waals surface area contributed by atoms with Crippen LogP contribution in [0.2, 0.25) is 0 Å². The molecule has 0 unspecified atom stereocenters. The monoisotopic (exact) mass is 402 g/mol. The predicted molar refractivity (Wildman–Crippen MR) is 113 cm³/mol. The van der Waals surface area contributed by atoms with Gasteiger partial charge in [0.2, 0.25) is 5.91 Å². The van der Waals surface area contributed by atoms with Crippen LogP contribution in [0, 0.1) is 11.7 Å². The van der Waals surface area contributed by atoms with Gasteiger partial charge in [0, 0.05) is 32.0 Å². The molecular weight excluding hydrogens is 371 g/mol. The SMILES string of the molecule is CCCN(CC(=O)N(Cc1cccn1C)CC(C)C)C(=O)Nc1ccccc1F. The molecule has 2 rings (SSSR count). The number of para-hydroxylation sites is 1. The maximum Gasteiger partial charge on any atom is 0.322 e.